The third-order valence-corrected chi connectivity index (χ3v) is 4.30. The molecule has 2 saturated heterocycles. The number of fused-ring (bicyclic) bond motifs is 1. The Labute approximate surface area is 109 Å². The predicted molar refractivity (Wildman–Crippen MR) is 67.7 cm³/mol. The molecule has 2 unspecified atom stereocenters. The molecular weight excluding hydrogens is 260 g/mol. The van der Waals surface area contributed by atoms with Crippen molar-refractivity contribution in [2.45, 2.75) is 25.0 Å². The Bertz CT molecular complexity index is 388. The van der Waals surface area contributed by atoms with Crippen molar-refractivity contribution < 1.29 is 4.74 Å². The molecule has 0 aliphatic carbocycles. The fourth-order valence-corrected chi connectivity index (χ4v) is 3.19. The van der Waals surface area contributed by atoms with Gasteiger partial charge in [0.15, 0.2) is 11.0 Å². The monoisotopic (exact) mass is 274 g/mol. The van der Waals surface area contributed by atoms with E-state index in [1.165, 1.54) is 19.4 Å². The molecule has 1 aromatic heterocycles. The molecule has 3 rings (SSSR count). The number of halogens is 1. The second-order valence-corrected chi connectivity index (χ2v) is 5.42. The van der Waals surface area contributed by atoms with Crippen molar-refractivity contribution >= 4 is 29.1 Å². The Morgan fingerprint density at radius 1 is 1.53 bits per heavy atom. The third-order valence-electron chi connectivity index (χ3n) is 3.41. The second-order valence-electron chi connectivity index (χ2n) is 4.53. The van der Waals surface area contributed by atoms with Gasteiger partial charge in [0.05, 0.1) is 24.4 Å². The molecule has 7 heteroatoms. The van der Waals surface area contributed by atoms with Crippen molar-refractivity contribution in [3.63, 3.8) is 0 Å². The molecule has 94 valence electrons. The highest BCUT2D eigenvalue weighted by molar-refractivity contribution is 6.99. The average Bonchev–Trinajstić information content (AvgIpc) is 2.94. The standard InChI is InChI=1S/C10H15ClN4OS/c11-9-10(14-17-13-9)12-4-8-5-15-3-1-2-7(15)6-16-8/h7-8H,1-6H2,(H,12,14). The molecule has 2 aliphatic heterocycles. The summed E-state index contributed by atoms with van der Waals surface area (Å²) in [5.74, 6) is 0.670. The summed E-state index contributed by atoms with van der Waals surface area (Å²) >= 11 is 6.99. The Kier molecular flexibility index (Phi) is 3.46. The van der Waals surface area contributed by atoms with Crippen molar-refractivity contribution in [2.75, 3.05) is 31.6 Å². The molecule has 0 bridgehead atoms. The van der Waals surface area contributed by atoms with Gasteiger partial charge in [0, 0.05) is 19.1 Å². The summed E-state index contributed by atoms with van der Waals surface area (Å²) in [6.07, 6.45) is 2.81. The Hall–Kier alpha value is -0.430. The summed E-state index contributed by atoms with van der Waals surface area (Å²) in [6.45, 7) is 3.82. The first kappa shape index (κ1) is 11.6. The van der Waals surface area contributed by atoms with Crippen LogP contribution in [0, 0.1) is 0 Å². The van der Waals surface area contributed by atoms with Crippen LogP contribution in [0.1, 0.15) is 12.8 Å². The minimum absolute atomic E-state index is 0.224. The summed E-state index contributed by atoms with van der Waals surface area (Å²) in [7, 11) is 0. The molecule has 0 amide bonds. The lowest BCUT2D eigenvalue weighted by Crippen LogP contribution is -2.48. The topological polar surface area (TPSA) is 50.3 Å². The molecule has 2 atom stereocenters. The highest BCUT2D eigenvalue weighted by atomic mass is 35.5. The molecule has 2 aliphatic rings. The van der Waals surface area contributed by atoms with Gasteiger partial charge in [-0.2, -0.15) is 8.75 Å². The SMILES string of the molecule is Clc1nsnc1NCC1CN2CCCC2CO1. The van der Waals surface area contributed by atoms with E-state index in [1.54, 1.807) is 0 Å². The van der Waals surface area contributed by atoms with Gasteiger partial charge in [-0.1, -0.05) is 11.6 Å². The molecule has 0 saturated carbocycles. The molecule has 0 aromatic carbocycles. The van der Waals surface area contributed by atoms with E-state index in [0.717, 1.165) is 31.4 Å². The van der Waals surface area contributed by atoms with Crippen LogP contribution in [0.2, 0.25) is 5.15 Å². The Morgan fingerprint density at radius 2 is 2.47 bits per heavy atom. The maximum atomic E-state index is 5.87. The van der Waals surface area contributed by atoms with E-state index in [2.05, 4.69) is 19.0 Å². The lowest BCUT2D eigenvalue weighted by Gasteiger charge is -2.35. The first-order chi connectivity index (χ1) is 8.33. The van der Waals surface area contributed by atoms with Crippen molar-refractivity contribution in [3.8, 4) is 0 Å². The van der Waals surface area contributed by atoms with Crippen LogP contribution in [-0.2, 0) is 4.74 Å². The number of aromatic nitrogens is 2. The van der Waals surface area contributed by atoms with Crippen LogP contribution in [0.4, 0.5) is 5.82 Å². The van der Waals surface area contributed by atoms with Crippen LogP contribution < -0.4 is 5.32 Å². The Balaban J connectivity index is 1.51. The zero-order chi connectivity index (χ0) is 11.7. The zero-order valence-electron chi connectivity index (χ0n) is 9.43. The lowest BCUT2D eigenvalue weighted by molar-refractivity contribution is -0.0415. The van der Waals surface area contributed by atoms with Gasteiger partial charge in [-0.15, -0.1) is 0 Å². The third kappa shape index (κ3) is 2.54. The van der Waals surface area contributed by atoms with Gasteiger partial charge < -0.3 is 10.1 Å². The number of ether oxygens (including phenoxy) is 1. The van der Waals surface area contributed by atoms with Crippen LogP contribution in [0.15, 0.2) is 0 Å². The summed E-state index contributed by atoms with van der Waals surface area (Å²) in [5, 5.41) is 3.64. The highest BCUT2D eigenvalue weighted by Crippen LogP contribution is 2.23. The molecule has 2 fully saturated rings. The molecule has 1 aromatic rings. The van der Waals surface area contributed by atoms with Gasteiger partial charge in [-0.3, -0.25) is 4.90 Å². The minimum atomic E-state index is 0.224. The van der Waals surface area contributed by atoms with Gasteiger partial charge in [0.25, 0.3) is 0 Å². The van der Waals surface area contributed by atoms with E-state index in [4.69, 9.17) is 16.3 Å². The van der Waals surface area contributed by atoms with Crippen LogP contribution in [0.5, 0.6) is 0 Å². The van der Waals surface area contributed by atoms with Gasteiger partial charge >= 0.3 is 0 Å². The van der Waals surface area contributed by atoms with Crippen molar-refractivity contribution in [1.29, 1.82) is 0 Å². The minimum Gasteiger partial charge on any atom is -0.373 e. The molecular formula is C10H15ClN4OS. The highest BCUT2D eigenvalue weighted by Gasteiger charge is 2.32. The van der Waals surface area contributed by atoms with E-state index < -0.39 is 0 Å². The van der Waals surface area contributed by atoms with Crippen molar-refractivity contribution in [2.24, 2.45) is 0 Å². The van der Waals surface area contributed by atoms with Crippen molar-refractivity contribution in [3.05, 3.63) is 5.15 Å². The number of nitrogens with one attached hydrogen (secondary N) is 1. The number of hydrogen-bond acceptors (Lipinski definition) is 6. The number of anilines is 1. The van der Waals surface area contributed by atoms with E-state index in [9.17, 15) is 0 Å². The second kappa shape index (κ2) is 5.06. The average molecular weight is 275 g/mol. The van der Waals surface area contributed by atoms with E-state index in [-0.39, 0.29) is 6.10 Å². The van der Waals surface area contributed by atoms with Crippen LogP contribution >= 0.6 is 23.3 Å². The van der Waals surface area contributed by atoms with Crippen LogP contribution in [-0.4, -0.2) is 52.0 Å². The van der Waals surface area contributed by atoms with E-state index in [0.29, 0.717) is 17.0 Å². The number of morpholine rings is 1. The maximum absolute atomic E-state index is 5.87. The molecule has 0 radical (unpaired) electrons. The first-order valence-electron chi connectivity index (χ1n) is 5.90. The summed E-state index contributed by atoms with van der Waals surface area (Å²) < 4.78 is 13.8. The summed E-state index contributed by atoms with van der Waals surface area (Å²) in [4.78, 5) is 2.52. The van der Waals surface area contributed by atoms with Gasteiger partial charge in [0.2, 0.25) is 0 Å². The van der Waals surface area contributed by atoms with Gasteiger partial charge in [0.1, 0.15) is 0 Å². The molecule has 1 N–H and O–H groups in total. The fraction of sp³-hybridized carbons (Fsp3) is 0.800. The van der Waals surface area contributed by atoms with Crippen LogP contribution in [0.25, 0.3) is 0 Å². The Morgan fingerprint density at radius 3 is 3.29 bits per heavy atom. The largest absolute Gasteiger partial charge is 0.373 e. The van der Waals surface area contributed by atoms with Crippen LogP contribution in [0.3, 0.4) is 0 Å². The van der Waals surface area contributed by atoms with E-state index >= 15 is 0 Å². The number of nitrogens with zero attached hydrogens (tertiary/aromatic N) is 3. The van der Waals surface area contributed by atoms with E-state index in [1.807, 2.05) is 0 Å². The molecule has 0 spiro atoms. The molecule has 5 nitrogen and oxygen atoms in total. The lowest BCUT2D eigenvalue weighted by atomic mass is 10.2. The first-order valence-corrected chi connectivity index (χ1v) is 7.01. The van der Waals surface area contributed by atoms with Gasteiger partial charge in [-0.05, 0) is 19.4 Å². The molecule has 17 heavy (non-hydrogen) atoms. The summed E-state index contributed by atoms with van der Waals surface area (Å²) in [6, 6.07) is 0.649. The quantitative estimate of drug-likeness (QED) is 0.905. The van der Waals surface area contributed by atoms with Crippen molar-refractivity contribution in [1.82, 2.24) is 13.6 Å². The maximum Gasteiger partial charge on any atom is 0.186 e. The zero-order valence-corrected chi connectivity index (χ0v) is 11.0. The smallest absolute Gasteiger partial charge is 0.186 e. The normalized spacial score (nSPS) is 29.2. The molecule has 3 heterocycles. The predicted octanol–water partition coefficient (Wildman–Crippen LogP) is 1.47. The number of hydrogen-bond donors (Lipinski definition) is 1. The fourth-order valence-electron chi connectivity index (χ4n) is 2.50. The number of rotatable bonds is 3. The summed E-state index contributed by atoms with van der Waals surface area (Å²) in [5.41, 5.74) is 0. The van der Waals surface area contributed by atoms with Gasteiger partial charge in [-0.25, -0.2) is 0 Å².